The fourth-order valence-electron chi connectivity index (χ4n) is 2.54. The van der Waals surface area contributed by atoms with Crippen LogP contribution in [-0.4, -0.2) is 25.3 Å². The monoisotopic (exact) mass is 302 g/mol. The first-order chi connectivity index (χ1) is 9.00. The predicted octanol–water partition coefficient (Wildman–Crippen LogP) is 2.36. The minimum Gasteiger partial charge on any atom is -0.326 e. The molecular weight excluding hydrogens is 284 g/mol. The van der Waals surface area contributed by atoms with Crippen LogP contribution in [0.3, 0.4) is 0 Å². The van der Waals surface area contributed by atoms with Gasteiger partial charge in [-0.3, -0.25) is 0 Å². The van der Waals surface area contributed by atoms with E-state index in [4.69, 9.17) is 17.3 Å². The Kier molecular flexibility index (Phi) is 4.50. The molecular formula is C13H19ClN2O2S. The van der Waals surface area contributed by atoms with Gasteiger partial charge in [-0.15, -0.1) is 0 Å². The van der Waals surface area contributed by atoms with Gasteiger partial charge in [0.05, 0.1) is 5.02 Å². The van der Waals surface area contributed by atoms with E-state index in [1.165, 1.54) is 0 Å². The summed E-state index contributed by atoms with van der Waals surface area (Å²) in [6, 6.07) is 5.00. The van der Waals surface area contributed by atoms with Crippen LogP contribution < -0.4 is 5.73 Å². The van der Waals surface area contributed by atoms with E-state index in [2.05, 4.69) is 0 Å². The summed E-state index contributed by atoms with van der Waals surface area (Å²) in [6.07, 6.45) is 2.67. The predicted molar refractivity (Wildman–Crippen MR) is 76.5 cm³/mol. The number of rotatable bonds is 4. The summed E-state index contributed by atoms with van der Waals surface area (Å²) < 4.78 is 26.8. The molecule has 4 nitrogen and oxygen atoms in total. The van der Waals surface area contributed by atoms with Gasteiger partial charge in [0.15, 0.2) is 0 Å². The maximum atomic E-state index is 12.6. The molecule has 106 valence electrons. The Morgan fingerprint density at radius 1 is 1.47 bits per heavy atom. The van der Waals surface area contributed by atoms with Crippen LogP contribution >= 0.6 is 11.6 Å². The van der Waals surface area contributed by atoms with E-state index in [0.29, 0.717) is 13.1 Å². The third-order valence-corrected chi connectivity index (χ3v) is 6.05. The lowest BCUT2D eigenvalue weighted by molar-refractivity contribution is 0.379. The van der Waals surface area contributed by atoms with Crippen LogP contribution in [0.25, 0.3) is 0 Å². The first kappa shape index (κ1) is 14.8. The van der Waals surface area contributed by atoms with Gasteiger partial charge in [-0.1, -0.05) is 24.6 Å². The number of hydrogen-bond donors (Lipinski definition) is 1. The van der Waals surface area contributed by atoms with Gasteiger partial charge in [0, 0.05) is 19.1 Å². The Balaban J connectivity index is 2.39. The van der Waals surface area contributed by atoms with Crippen molar-refractivity contribution in [2.45, 2.75) is 43.7 Å². The molecule has 0 aromatic heterocycles. The fourth-order valence-corrected chi connectivity index (χ4v) is 4.85. The Morgan fingerprint density at radius 3 is 2.79 bits per heavy atom. The molecule has 1 fully saturated rings. The van der Waals surface area contributed by atoms with Gasteiger partial charge in [-0.2, -0.15) is 4.31 Å². The van der Waals surface area contributed by atoms with Crippen LogP contribution in [0.1, 0.15) is 31.7 Å². The zero-order valence-corrected chi connectivity index (χ0v) is 12.5. The molecule has 1 atom stereocenters. The van der Waals surface area contributed by atoms with E-state index >= 15 is 0 Å². The molecule has 1 aliphatic rings. The van der Waals surface area contributed by atoms with Gasteiger partial charge in [-0.05, 0) is 37.0 Å². The highest BCUT2D eigenvalue weighted by Crippen LogP contribution is 2.31. The van der Waals surface area contributed by atoms with Crippen LogP contribution in [-0.2, 0) is 16.6 Å². The molecule has 0 amide bonds. The topological polar surface area (TPSA) is 63.4 Å². The second-order valence-electron chi connectivity index (χ2n) is 4.79. The van der Waals surface area contributed by atoms with E-state index in [0.717, 1.165) is 24.8 Å². The van der Waals surface area contributed by atoms with E-state index in [1.807, 2.05) is 6.92 Å². The van der Waals surface area contributed by atoms with Crippen molar-refractivity contribution in [3.05, 3.63) is 28.8 Å². The minimum absolute atomic E-state index is 0.0928. The first-order valence-electron chi connectivity index (χ1n) is 6.51. The van der Waals surface area contributed by atoms with Gasteiger partial charge < -0.3 is 5.73 Å². The van der Waals surface area contributed by atoms with Crippen LogP contribution in [0.2, 0.25) is 5.02 Å². The Bertz CT molecular complexity index is 560. The SMILES string of the molecule is CCC1CCCN1S(=O)(=O)c1ccc(CN)cc1Cl. The number of benzene rings is 1. The van der Waals surface area contributed by atoms with Crippen LogP contribution in [0.5, 0.6) is 0 Å². The van der Waals surface area contributed by atoms with Crippen molar-refractivity contribution in [2.24, 2.45) is 5.73 Å². The Hall–Kier alpha value is -0.620. The lowest BCUT2D eigenvalue weighted by atomic mass is 10.2. The maximum absolute atomic E-state index is 12.6. The van der Waals surface area contributed by atoms with E-state index in [1.54, 1.807) is 22.5 Å². The molecule has 0 saturated carbocycles. The summed E-state index contributed by atoms with van der Waals surface area (Å²) in [5.41, 5.74) is 6.36. The molecule has 0 aliphatic carbocycles. The van der Waals surface area contributed by atoms with Crippen LogP contribution in [0.15, 0.2) is 23.1 Å². The summed E-state index contributed by atoms with van der Waals surface area (Å²) in [6.45, 7) is 2.94. The fraction of sp³-hybridized carbons (Fsp3) is 0.538. The molecule has 1 saturated heterocycles. The van der Waals surface area contributed by atoms with Gasteiger partial charge in [0.1, 0.15) is 4.90 Å². The highest BCUT2D eigenvalue weighted by Gasteiger charge is 2.35. The van der Waals surface area contributed by atoms with E-state index in [-0.39, 0.29) is 16.0 Å². The average Bonchev–Trinajstić information content (AvgIpc) is 2.87. The zero-order valence-electron chi connectivity index (χ0n) is 11.0. The lowest BCUT2D eigenvalue weighted by Gasteiger charge is -2.23. The average molecular weight is 303 g/mol. The molecule has 1 aliphatic heterocycles. The molecule has 0 spiro atoms. The highest BCUT2D eigenvalue weighted by atomic mass is 35.5. The summed E-state index contributed by atoms with van der Waals surface area (Å²) in [4.78, 5) is 0.187. The molecule has 6 heteroatoms. The maximum Gasteiger partial charge on any atom is 0.244 e. The number of hydrogen-bond acceptors (Lipinski definition) is 3. The standard InChI is InChI=1S/C13H19ClN2O2S/c1-2-11-4-3-7-16(11)19(17,18)13-6-5-10(9-15)8-12(13)14/h5-6,8,11H,2-4,7,9,15H2,1H3. The molecule has 19 heavy (non-hydrogen) atoms. The third kappa shape index (κ3) is 2.79. The first-order valence-corrected chi connectivity index (χ1v) is 8.32. The molecule has 0 bridgehead atoms. The van der Waals surface area contributed by atoms with Crippen LogP contribution in [0, 0.1) is 0 Å². The van der Waals surface area contributed by atoms with Crippen molar-refractivity contribution in [3.63, 3.8) is 0 Å². The number of halogens is 1. The van der Waals surface area contributed by atoms with Gasteiger partial charge in [0.2, 0.25) is 10.0 Å². The second-order valence-corrected chi connectivity index (χ2v) is 7.06. The number of sulfonamides is 1. The van der Waals surface area contributed by atoms with Gasteiger partial charge in [0.25, 0.3) is 0 Å². The molecule has 2 rings (SSSR count). The Morgan fingerprint density at radius 2 is 2.21 bits per heavy atom. The summed E-state index contributed by atoms with van der Waals surface area (Å²) in [7, 11) is -3.50. The largest absolute Gasteiger partial charge is 0.326 e. The van der Waals surface area contributed by atoms with E-state index < -0.39 is 10.0 Å². The van der Waals surface area contributed by atoms with Crippen LogP contribution in [0.4, 0.5) is 0 Å². The number of nitrogens with two attached hydrogens (primary N) is 1. The minimum atomic E-state index is -3.50. The third-order valence-electron chi connectivity index (χ3n) is 3.61. The van der Waals surface area contributed by atoms with Crippen molar-refractivity contribution in [1.82, 2.24) is 4.31 Å². The normalized spacial score (nSPS) is 20.9. The lowest BCUT2D eigenvalue weighted by Crippen LogP contribution is -2.35. The van der Waals surface area contributed by atoms with Gasteiger partial charge in [-0.25, -0.2) is 8.42 Å². The summed E-state index contributed by atoms with van der Waals surface area (Å²) in [5.74, 6) is 0. The molecule has 1 aromatic rings. The van der Waals surface area contributed by atoms with Crippen molar-refractivity contribution in [2.75, 3.05) is 6.54 Å². The zero-order chi connectivity index (χ0) is 14.0. The quantitative estimate of drug-likeness (QED) is 0.928. The van der Waals surface area contributed by atoms with Gasteiger partial charge >= 0.3 is 0 Å². The van der Waals surface area contributed by atoms with E-state index in [9.17, 15) is 8.42 Å². The number of nitrogens with zero attached hydrogens (tertiary/aromatic N) is 1. The van der Waals surface area contributed by atoms with Crippen molar-refractivity contribution in [1.29, 1.82) is 0 Å². The highest BCUT2D eigenvalue weighted by molar-refractivity contribution is 7.89. The smallest absolute Gasteiger partial charge is 0.244 e. The molecule has 1 aromatic carbocycles. The van der Waals surface area contributed by atoms with Crippen molar-refractivity contribution in [3.8, 4) is 0 Å². The molecule has 0 radical (unpaired) electrons. The van der Waals surface area contributed by atoms with Crippen molar-refractivity contribution < 1.29 is 8.42 Å². The summed E-state index contributed by atoms with van der Waals surface area (Å²) >= 11 is 6.10. The molecule has 2 N–H and O–H groups in total. The second kappa shape index (κ2) is 5.79. The molecule has 1 unspecified atom stereocenters. The van der Waals surface area contributed by atoms with Crippen molar-refractivity contribution >= 4 is 21.6 Å². The Labute approximate surface area is 119 Å². The summed E-state index contributed by atoms with van der Waals surface area (Å²) in [5, 5.41) is 0.254. The molecule has 1 heterocycles.